The molecule has 0 fully saturated rings. The van der Waals surface area contributed by atoms with E-state index in [4.69, 9.17) is 14.0 Å². The Morgan fingerprint density at radius 3 is 2.65 bits per heavy atom. The van der Waals surface area contributed by atoms with Crippen LogP contribution >= 0.6 is 0 Å². The van der Waals surface area contributed by atoms with Gasteiger partial charge in [0.25, 0.3) is 0 Å². The molecule has 0 aliphatic heterocycles. The number of carboxylic acid groups (broad SMARTS) is 1. The molecule has 0 saturated heterocycles. The summed E-state index contributed by atoms with van der Waals surface area (Å²) in [5.74, 6) is 0.0616. The third-order valence-electron chi connectivity index (χ3n) is 3.80. The first kappa shape index (κ1) is 17.2. The van der Waals surface area contributed by atoms with Gasteiger partial charge in [-0.25, -0.2) is 4.79 Å². The van der Waals surface area contributed by atoms with Crippen molar-refractivity contribution >= 4 is 23.8 Å². The minimum Gasteiger partial charge on any atom is -0.478 e. The Bertz CT molecular complexity index is 1030. The molecule has 8 nitrogen and oxygen atoms in total. The van der Waals surface area contributed by atoms with Crippen LogP contribution in [0.3, 0.4) is 0 Å². The van der Waals surface area contributed by atoms with Gasteiger partial charge in [0.15, 0.2) is 5.69 Å². The molecule has 0 spiro atoms. The number of hydrogen-bond donors (Lipinski definition) is 1. The molecule has 0 aliphatic carbocycles. The van der Waals surface area contributed by atoms with Crippen LogP contribution in [0.2, 0.25) is 0 Å². The average Bonchev–Trinajstić information content (AvgIpc) is 3.19. The highest BCUT2D eigenvalue weighted by molar-refractivity contribution is 5.88. The normalized spacial score (nSPS) is 11.2. The summed E-state index contributed by atoms with van der Waals surface area (Å²) in [6, 6.07) is 8.18. The number of aromatic carboxylic acids is 1. The average molecular weight is 354 g/mol. The number of aromatic nitrogens is 1. The molecule has 0 bridgehead atoms. The zero-order valence-corrected chi connectivity index (χ0v) is 13.9. The largest absolute Gasteiger partial charge is 0.478 e. The summed E-state index contributed by atoms with van der Waals surface area (Å²) >= 11 is 0. The quantitative estimate of drug-likeness (QED) is 0.535. The number of carbonyl (C=O) groups is 1. The van der Waals surface area contributed by atoms with E-state index in [2.05, 4.69) is 5.16 Å². The number of hydrogen-bond acceptors (Lipinski definition) is 6. The van der Waals surface area contributed by atoms with Crippen molar-refractivity contribution in [3.63, 3.8) is 0 Å². The minimum absolute atomic E-state index is 0.0347. The summed E-state index contributed by atoms with van der Waals surface area (Å²) in [6.45, 7) is 3.29. The molecule has 0 radical (unpaired) electrons. The third-order valence-corrected chi connectivity index (χ3v) is 3.80. The number of benzene rings is 1. The Labute approximate surface area is 147 Å². The molecule has 0 saturated carbocycles. The summed E-state index contributed by atoms with van der Waals surface area (Å²) in [4.78, 5) is 21.5. The molecule has 2 aromatic heterocycles. The number of carboxylic acids is 1. The van der Waals surface area contributed by atoms with Gasteiger partial charge in [0.2, 0.25) is 5.76 Å². The number of aryl methyl sites for hydroxylation is 2. The lowest BCUT2D eigenvalue weighted by Gasteiger charge is -2.03. The van der Waals surface area contributed by atoms with Crippen LogP contribution in [0.15, 0.2) is 39.3 Å². The van der Waals surface area contributed by atoms with E-state index in [-0.39, 0.29) is 22.7 Å². The van der Waals surface area contributed by atoms with Crippen LogP contribution in [-0.2, 0) is 0 Å². The Hall–Kier alpha value is -3.68. The van der Waals surface area contributed by atoms with Crippen molar-refractivity contribution in [3.05, 3.63) is 68.8 Å². The van der Waals surface area contributed by atoms with Gasteiger partial charge in [-0.2, -0.15) is 0 Å². The van der Waals surface area contributed by atoms with Crippen molar-refractivity contribution in [3.8, 4) is 11.3 Å². The van der Waals surface area contributed by atoms with Gasteiger partial charge < -0.3 is 14.0 Å². The first-order valence-electron chi connectivity index (χ1n) is 7.59. The second kappa shape index (κ2) is 6.67. The standard InChI is InChI=1S/C18H14N2O6/c1-10-9-12(18(21)22)3-6-14(10)15-7-4-13(25-15)5-8-16-17(20(23)24)11(2)19-26-16/h3-9H,1-2H3,(H,21,22)/b8-5+. The van der Waals surface area contributed by atoms with Crippen molar-refractivity contribution in [2.45, 2.75) is 13.8 Å². The summed E-state index contributed by atoms with van der Waals surface area (Å²) in [6.07, 6.45) is 2.96. The number of nitrogens with zero attached hydrogens (tertiary/aromatic N) is 2. The Morgan fingerprint density at radius 2 is 2.00 bits per heavy atom. The monoisotopic (exact) mass is 354 g/mol. The van der Waals surface area contributed by atoms with Gasteiger partial charge in [-0.1, -0.05) is 11.2 Å². The Balaban J connectivity index is 1.87. The molecule has 8 heteroatoms. The van der Waals surface area contributed by atoms with Crippen LogP contribution in [0.5, 0.6) is 0 Å². The number of rotatable bonds is 5. The zero-order valence-electron chi connectivity index (χ0n) is 13.9. The molecular formula is C18H14N2O6. The predicted octanol–water partition coefficient (Wildman–Crippen LogP) is 4.33. The molecule has 132 valence electrons. The fraction of sp³-hybridized carbons (Fsp3) is 0.111. The molecule has 0 amide bonds. The lowest BCUT2D eigenvalue weighted by molar-refractivity contribution is -0.386. The molecule has 0 atom stereocenters. The molecule has 0 aliphatic rings. The number of nitro groups is 1. The van der Waals surface area contributed by atoms with E-state index in [1.54, 1.807) is 31.2 Å². The number of furan rings is 1. The van der Waals surface area contributed by atoms with Crippen molar-refractivity contribution in [1.82, 2.24) is 5.16 Å². The summed E-state index contributed by atoms with van der Waals surface area (Å²) in [5, 5.41) is 23.6. The maximum Gasteiger partial charge on any atom is 0.338 e. The van der Waals surface area contributed by atoms with E-state index < -0.39 is 10.9 Å². The second-order valence-electron chi connectivity index (χ2n) is 5.61. The third kappa shape index (κ3) is 3.25. The lowest BCUT2D eigenvalue weighted by atomic mass is 10.0. The fourth-order valence-electron chi connectivity index (χ4n) is 2.53. The Kier molecular flexibility index (Phi) is 4.40. The Morgan fingerprint density at radius 1 is 1.23 bits per heavy atom. The highest BCUT2D eigenvalue weighted by atomic mass is 16.6. The van der Waals surface area contributed by atoms with Crippen LogP contribution in [0.25, 0.3) is 23.5 Å². The van der Waals surface area contributed by atoms with E-state index in [1.165, 1.54) is 25.1 Å². The van der Waals surface area contributed by atoms with Crippen LogP contribution in [0.4, 0.5) is 5.69 Å². The van der Waals surface area contributed by atoms with E-state index in [0.717, 1.165) is 11.1 Å². The maximum absolute atomic E-state index is 11.0. The van der Waals surface area contributed by atoms with E-state index >= 15 is 0 Å². The van der Waals surface area contributed by atoms with E-state index in [9.17, 15) is 14.9 Å². The SMILES string of the molecule is Cc1cc(C(=O)O)ccc1-c1ccc(/C=C/c2onc(C)c2[N+](=O)[O-])o1. The van der Waals surface area contributed by atoms with Gasteiger partial charge >= 0.3 is 11.7 Å². The van der Waals surface area contributed by atoms with Crippen molar-refractivity contribution in [1.29, 1.82) is 0 Å². The highest BCUT2D eigenvalue weighted by Gasteiger charge is 2.22. The smallest absolute Gasteiger partial charge is 0.338 e. The summed E-state index contributed by atoms with van der Waals surface area (Å²) < 4.78 is 10.7. The van der Waals surface area contributed by atoms with Gasteiger partial charge in [0.1, 0.15) is 11.5 Å². The van der Waals surface area contributed by atoms with Crippen LogP contribution < -0.4 is 0 Å². The fourth-order valence-corrected chi connectivity index (χ4v) is 2.53. The van der Waals surface area contributed by atoms with Gasteiger partial charge in [0.05, 0.1) is 10.5 Å². The van der Waals surface area contributed by atoms with Gasteiger partial charge in [-0.3, -0.25) is 10.1 Å². The molecule has 3 aromatic rings. The predicted molar refractivity (Wildman–Crippen MR) is 92.7 cm³/mol. The topological polar surface area (TPSA) is 120 Å². The summed E-state index contributed by atoms with van der Waals surface area (Å²) in [5.41, 5.74) is 1.73. The summed E-state index contributed by atoms with van der Waals surface area (Å²) in [7, 11) is 0. The second-order valence-corrected chi connectivity index (χ2v) is 5.61. The van der Waals surface area contributed by atoms with E-state index in [0.29, 0.717) is 11.5 Å². The lowest BCUT2D eigenvalue weighted by Crippen LogP contribution is -1.96. The minimum atomic E-state index is -0.994. The van der Waals surface area contributed by atoms with E-state index in [1.807, 2.05) is 0 Å². The van der Waals surface area contributed by atoms with Gasteiger partial charge in [0, 0.05) is 5.56 Å². The van der Waals surface area contributed by atoms with Crippen molar-refractivity contribution < 1.29 is 23.8 Å². The first-order valence-corrected chi connectivity index (χ1v) is 7.59. The van der Waals surface area contributed by atoms with Crippen molar-refractivity contribution in [2.24, 2.45) is 0 Å². The maximum atomic E-state index is 11.0. The van der Waals surface area contributed by atoms with Crippen LogP contribution in [0.1, 0.15) is 33.1 Å². The molecule has 2 heterocycles. The highest BCUT2D eigenvalue weighted by Crippen LogP contribution is 2.28. The zero-order chi connectivity index (χ0) is 18.8. The first-order chi connectivity index (χ1) is 12.4. The van der Waals surface area contributed by atoms with Gasteiger partial charge in [-0.05, 0) is 55.8 Å². The molecule has 0 unspecified atom stereocenters. The molecular weight excluding hydrogens is 340 g/mol. The van der Waals surface area contributed by atoms with Crippen LogP contribution in [-0.4, -0.2) is 21.2 Å². The van der Waals surface area contributed by atoms with Crippen molar-refractivity contribution in [2.75, 3.05) is 0 Å². The molecule has 1 N–H and O–H groups in total. The van der Waals surface area contributed by atoms with Crippen LogP contribution in [0, 0.1) is 24.0 Å². The molecule has 3 rings (SSSR count). The molecule has 26 heavy (non-hydrogen) atoms. The molecule has 1 aromatic carbocycles. The van der Waals surface area contributed by atoms with Gasteiger partial charge in [-0.15, -0.1) is 0 Å².